The van der Waals surface area contributed by atoms with E-state index in [9.17, 15) is 14.4 Å². The Balaban J connectivity index is 1.56. The first-order valence-corrected chi connectivity index (χ1v) is 8.18. The fourth-order valence-corrected chi connectivity index (χ4v) is 3.33. The molecule has 122 valence electrons. The van der Waals surface area contributed by atoms with Gasteiger partial charge in [-0.15, -0.1) is 0 Å². The number of carbonyl (C=O) groups is 3. The van der Waals surface area contributed by atoms with Crippen molar-refractivity contribution in [3.63, 3.8) is 0 Å². The van der Waals surface area contributed by atoms with Crippen molar-refractivity contribution in [2.45, 2.75) is 44.9 Å². The van der Waals surface area contributed by atoms with Crippen LogP contribution >= 0.6 is 0 Å². The molecule has 1 saturated carbocycles. The van der Waals surface area contributed by atoms with Gasteiger partial charge in [-0.3, -0.25) is 14.4 Å². The molecular weight excluding hydrogens is 294 g/mol. The number of benzene rings is 1. The SMILES string of the molecule is C[C@@H]1C(=O)Nc2ccc(C(=O)COC(=O)CC3CCCC3)cc21. The standard InChI is InChI=1S/C18H21NO4/c1-11-14-9-13(6-7-15(14)19-18(11)22)16(20)10-23-17(21)8-12-4-2-3-5-12/h6-7,9,11-12H,2-5,8,10H2,1H3,(H,19,22)/t11-/m0/s1. The number of hydrogen-bond acceptors (Lipinski definition) is 4. The number of anilines is 1. The smallest absolute Gasteiger partial charge is 0.306 e. The predicted octanol–water partition coefficient (Wildman–Crippen LogP) is 3.05. The number of hydrogen-bond donors (Lipinski definition) is 1. The third kappa shape index (κ3) is 3.44. The summed E-state index contributed by atoms with van der Waals surface area (Å²) in [6.07, 6.45) is 4.92. The third-order valence-corrected chi connectivity index (χ3v) is 4.79. The van der Waals surface area contributed by atoms with Crippen LogP contribution in [0.4, 0.5) is 5.69 Å². The molecule has 5 heteroatoms. The van der Waals surface area contributed by atoms with E-state index in [1.165, 1.54) is 12.8 Å². The molecule has 1 N–H and O–H groups in total. The molecule has 1 heterocycles. The van der Waals surface area contributed by atoms with Gasteiger partial charge in [0.15, 0.2) is 12.4 Å². The van der Waals surface area contributed by atoms with Crippen LogP contribution in [0.2, 0.25) is 0 Å². The lowest BCUT2D eigenvalue weighted by Gasteiger charge is -2.09. The van der Waals surface area contributed by atoms with Crippen molar-refractivity contribution in [2.24, 2.45) is 5.92 Å². The molecule has 0 saturated heterocycles. The molecule has 1 aliphatic heterocycles. The second-order valence-electron chi connectivity index (χ2n) is 6.45. The first kappa shape index (κ1) is 15.7. The Labute approximate surface area is 135 Å². The summed E-state index contributed by atoms with van der Waals surface area (Å²) in [4.78, 5) is 35.6. The number of rotatable bonds is 5. The van der Waals surface area contributed by atoms with Crippen molar-refractivity contribution in [1.29, 1.82) is 0 Å². The molecule has 1 aromatic carbocycles. The summed E-state index contributed by atoms with van der Waals surface area (Å²) >= 11 is 0. The minimum Gasteiger partial charge on any atom is -0.457 e. The minimum absolute atomic E-state index is 0.0624. The van der Waals surface area contributed by atoms with Crippen molar-refractivity contribution in [3.8, 4) is 0 Å². The van der Waals surface area contributed by atoms with Crippen LogP contribution in [-0.4, -0.2) is 24.3 Å². The summed E-state index contributed by atoms with van der Waals surface area (Å²) < 4.78 is 5.12. The Bertz CT molecular complexity index is 646. The van der Waals surface area contributed by atoms with Crippen LogP contribution in [0.15, 0.2) is 18.2 Å². The lowest BCUT2D eigenvalue weighted by Crippen LogP contribution is -2.16. The van der Waals surface area contributed by atoms with E-state index in [0.717, 1.165) is 24.1 Å². The van der Waals surface area contributed by atoms with Gasteiger partial charge >= 0.3 is 5.97 Å². The molecule has 0 bridgehead atoms. The van der Waals surface area contributed by atoms with Crippen LogP contribution in [0.3, 0.4) is 0 Å². The maximum Gasteiger partial charge on any atom is 0.306 e. The summed E-state index contributed by atoms with van der Waals surface area (Å²) in [7, 11) is 0. The van der Waals surface area contributed by atoms with E-state index in [-0.39, 0.29) is 30.2 Å². The van der Waals surface area contributed by atoms with Gasteiger partial charge in [-0.2, -0.15) is 0 Å². The number of ether oxygens (including phenoxy) is 1. The van der Waals surface area contributed by atoms with Crippen molar-refractivity contribution in [2.75, 3.05) is 11.9 Å². The Morgan fingerprint density at radius 2 is 2.00 bits per heavy atom. The zero-order valence-corrected chi connectivity index (χ0v) is 13.3. The number of esters is 1. The maximum atomic E-state index is 12.2. The van der Waals surface area contributed by atoms with Crippen LogP contribution in [0, 0.1) is 5.92 Å². The zero-order valence-electron chi connectivity index (χ0n) is 13.3. The quantitative estimate of drug-likeness (QED) is 0.669. The van der Waals surface area contributed by atoms with Crippen LogP contribution in [0.25, 0.3) is 0 Å². The number of ketones is 1. The molecule has 5 nitrogen and oxygen atoms in total. The Hall–Kier alpha value is -2.17. The number of Topliss-reactive ketones (excluding diaryl/α,β-unsaturated/α-hetero) is 1. The summed E-state index contributed by atoms with van der Waals surface area (Å²) in [6.45, 7) is 1.57. The highest BCUT2D eigenvalue weighted by Gasteiger charge is 2.27. The van der Waals surface area contributed by atoms with E-state index >= 15 is 0 Å². The first-order valence-electron chi connectivity index (χ1n) is 8.18. The Morgan fingerprint density at radius 3 is 2.74 bits per heavy atom. The molecule has 2 aliphatic rings. The topological polar surface area (TPSA) is 72.5 Å². The van der Waals surface area contributed by atoms with Crippen LogP contribution < -0.4 is 5.32 Å². The fourth-order valence-electron chi connectivity index (χ4n) is 3.33. The number of carbonyl (C=O) groups excluding carboxylic acids is 3. The second kappa shape index (κ2) is 6.52. The highest BCUT2D eigenvalue weighted by molar-refractivity contribution is 6.05. The third-order valence-electron chi connectivity index (χ3n) is 4.79. The van der Waals surface area contributed by atoms with E-state index < -0.39 is 0 Å². The first-order chi connectivity index (χ1) is 11.0. The van der Waals surface area contributed by atoms with E-state index in [0.29, 0.717) is 17.9 Å². The van der Waals surface area contributed by atoms with E-state index in [1.807, 2.05) is 0 Å². The highest BCUT2D eigenvalue weighted by atomic mass is 16.5. The molecular formula is C18H21NO4. The molecule has 0 spiro atoms. The number of amides is 1. The van der Waals surface area contributed by atoms with Gasteiger partial charge in [0.1, 0.15) is 0 Å². The molecule has 0 unspecified atom stereocenters. The number of fused-ring (bicyclic) bond motifs is 1. The molecule has 0 aromatic heterocycles. The van der Waals surface area contributed by atoms with Gasteiger partial charge < -0.3 is 10.1 Å². The van der Waals surface area contributed by atoms with E-state index in [2.05, 4.69) is 5.32 Å². The van der Waals surface area contributed by atoms with Gasteiger partial charge in [0.2, 0.25) is 5.91 Å². The highest BCUT2D eigenvalue weighted by Crippen LogP contribution is 2.32. The molecule has 3 rings (SSSR count). The van der Waals surface area contributed by atoms with Gasteiger partial charge in [-0.05, 0) is 49.4 Å². The number of nitrogens with one attached hydrogen (secondary N) is 1. The van der Waals surface area contributed by atoms with Crippen molar-refractivity contribution in [3.05, 3.63) is 29.3 Å². The lowest BCUT2D eigenvalue weighted by atomic mass is 9.99. The molecule has 1 amide bonds. The summed E-state index contributed by atoms with van der Waals surface area (Å²) in [5.41, 5.74) is 2.04. The molecule has 1 aromatic rings. The molecule has 1 fully saturated rings. The molecule has 1 aliphatic carbocycles. The fraction of sp³-hybridized carbons (Fsp3) is 0.500. The van der Waals surface area contributed by atoms with Crippen LogP contribution in [0.1, 0.15) is 60.9 Å². The average Bonchev–Trinajstić information content (AvgIpc) is 3.14. The Morgan fingerprint density at radius 1 is 1.26 bits per heavy atom. The minimum atomic E-state index is -0.295. The van der Waals surface area contributed by atoms with Gasteiger partial charge in [-0.1, -0.05) is 12.8 Å². The molecule has 23 heavy (non-hydrogen) atoms. The summed E-state index contributed by atoms with van der Waals surface area (Å²) in [6, 6.07) is 5.10. The van der Waals surface area contributed by atoms with Gasteiger partial charge in [-0.25, -0.2) is 0 Å². The largest absolute Gasteiger partial charge is 0.457 e. The van der Waals surface area contributed by atoms with Gasteiger partial charge in [0, 0.05) is 17.7 Å². The Kier molecular flexibility index (Phi) is 4.46. The predicted molar refractivity (Wildman–Crippen MR) is 85.4 cm³/mol. The van der Waals surface area contributed by atoms with Gasteiger partial charge in [0.05, 0.1) is 5.92 Å². The monoisotopic (exact) mass is 315 g/mol. The van der Waals surface area contributed by atoms with Crippen LogP contribution in [0.5, 0.6) is 0 Å². The zero-order chi connectivity index (χ0) is 16.4. The van der Waals surface area contributed by atoms with Crippen molar-refractivity contribution >= 4 is 23.3 Å². The second-order valence-corrected chi connectivity index (χ2v) is 6.45. The lowest BCUT2D eigenvalue weighted by molar-refractivity contribution is -0.143. The van der Waals surface area contributed by atoms with Gasteiger partial charge in [0.25, 0.3) is 0 Å². The molecule has 0 radical (unpaired) electrons. The average molecular weight is 315 g/mol. The molecule has 1 atom stereocenters. The van der Waals surface area contributed by atoms with E-state index in [4.69, 9.17) is 4.74 Å². The van der Waals surface area contributed by atoms with Crippen molar-refractivity contribution in [1.82, 2.24) is 0 Å². The summed E-state index contributed by atoms with van der Waals surface area (Å²) in [5, 5.41) is 2.77. The normalized spacial score (nSPS) is 20.2. The maximum absolute atomic E-state index is 12.2. The van der Waals surface area contributed by atoms with Crippen molar-refractivity contribution < 1.29 is 19.1 Å². The van der Waals surface area contributed by atoms with Crippen LogP contribution in [-0.2, 0) is 14.3 Å². The van der Waals surface area contributed by atoms with E-state index in [1.54, 1.807) is 25.1 Å². The summed E-state index contributed by atoms with van der Waals surface area (Å²) in [5.74, 6) is -0.443.